The second-order valence-electron chi connectivity index (χ2n) is 10.7. The summed E-state index contributed by atoms with van der Waals surface area (Å²) in [5.41, 5.74) is 0.321. The molecule has 2 saturated heterocycles. The van der Waals surface area contributed by atoms with Gasteiger partial charge in [-0.3, -0.25) is 4.79 Å². The van der Waals surface area contributed by atoms with Crippen LogP contribution in [0.25, 0.3) is 11.4 Å². The van der Waals surface area contributed by atoms with Gasteiger partial charge in [0.25, 0.3) is 0 Å². The van der Waals surface area contributed by atoms with Gasteiger partial charge in [0.2, 0.25) is 5.95 Å². The van der Waals surface area contributed by atoms with Gasteiger partial charge < -0.3 is 23.8 Å². The Morgan fingerprint density at radius 3 is 2.48 bits per heavy atom. The van der Waals surface area contributed by atoms with E-state index in [2.05, 4.69) is 19.9 Å². The van der Waals surface area contributed by atoms with E-state index in [1.807, 2.05) is 24.3 Å². The Labute approximate surface area is 250 Å². The van der Waals surface area contributed by atoms with E-state index in [0.717, 1.165) is 37.2 Å². The van der Waals surface area contributed by atoms with Crippen molar-refractivity contribution in [3.8, 4) is 23.1 Å². The minimum absolute atomic E-state index is 0.00772. The number of carbonyl (C=O) groups is 1. The molecule has 2 aliphatic heterocycles. The summed E-state index contributed by atoms with van der Waals surface area (Å²) in [4.78, 5) is 29.8. The molecule has 0 unspecified atom stereocenters. The normalized spacial score (nSPS) is 17.2. The van der Waals surface area contributed by atoms with E-state index < -0.39 is 11.4 Å². The fraction of sp³-hybridized carbons (Fsp3) is 0.484. The van der Waals surface area contributed by atoms with Crippen LogP contribution < -0.4 is 14.4 Å². The lowest BCUT2D eigenvalue weighted by molar-refractivity contribution is -0.143. The Morgan fingerprint density at radius 1 is 1.07 bits per heavy atom. The van der Waals surface area contributed by atoms with E-state index in [4.69, 9.17) is 30.5 Å². The number of piperidine rings is 1. The number of hydrogen-bond donors (Lipinski definition) is 0. The molecule has 11 heteroatoms. The minimum Gasteiger partial charge on any atom is -0.497 e. The molecule has 0 radical (unpaired) electrons. The van der Waals surface area contributed by atoms with Crippen LogP contribution in [0.3, 0.4) is 0 Å². The van der Waals surface area contributed by atoms with Crippen LogP contribution >= 0.6 is 11.6 Å². The van der Waals surface area contributed by atoms with Gasteiger partial charge in [0, 0.05) is 51.6 Å². The fourth-order valence-electron chi connectivity index (χ4n) is 5.42. The van der Waals surface area contributed by atoms with Gasteiger partial charge in [-0.15, -0.1) is 0 Å². The van der Waals surface area contributed by atoms with Crippen molar-refractivity contribution in [1.82, 2.24) is 15.0 Å². The maximum absolute atomic E-state index is 14.4. The van der Waals surface area contributed by atoms with Gasteiger partial charge in [0.1, 0.15) is 11.6 Å². The topological polar surface area (TPSA) is 95.9 Å². The largest absolute Gasteiger partial charge is 0.497 e. The van der Waals surface area contributed by atoms with Gasteiger partial charge >= 0.3 is 6.01 Å². The van der Waals surface area contributed by atoms with Gasteiger partial charge in [-0.1, -0.05) is 23.7 Å². The number of Topliss-reactive ketones (excluding diaryl/α,β-unsaturated/α-hetero) is 1. The lowest BCUT2D eigenvalue weighted by Crippen LogP contribution is -2.49. The summed E-state index contributed by atoms with van der Waals surface area (Å²) >= 11 is 5.94. The molecule has 3 heterocycles. The molecule has 1 aromatic heterocycles. The van der Waals surface area contributed by atoms with Gasteiger partial charge in [-0.05, 0) is 61.1 Å². The van der Waals surface area contributed by atoms with Crippen LogP contribution in [0.15, 0.2) is 42.5 Å². The number of aromatic nitrogens is 3. The minimum atomic E-state index is -1.14. The number of anilines is 1. The van der Waals surface area contributed by atoms with Crippen LogP contribution in [0.1, 0.15) is 37.7 Å². The van der Waals surface area contributed by atoms with Gasteiger partial charge in [-0.2, -0.15) is 15.0 Å². The number of methoxy groups -OCH3 is 2. The molecule has 0 atom stereocenters. The molecule has 5 rings (SSSR count). The Balaban J connectivity index is 1.42. The number of nitrogens with zero attached hydrogens (tertiary/aromatic N) is 4. The van der Waals surface area contributed by atoms with Crippen LogP contribution in [0.4, 0.5) is 10.3 Å². The zero-order valence-electron chi connectivity index (χ0n) is 24.0. The van der Waals surface area contributed by atoms with E-state index in [1.165, 1.54) is 12.1 Å². The number of aryl methyl sites for hydroxylation is 1. The summed E-state index contributed by atoms with van der Waals surface area (Å²) in [6, 6.07) is 12.1. The number of rotatable bonds is 11. The average molecular weight is 599 g/mol. The van der Waals surface area contributed by atoms with Crippen molar-refractivity contribution < 1.29 is 28.1 Å². The zero-order chi connectivity index (χ0) is 29.5. The predicted octanol–water partition coefficient (Wildman–Crippen LogP) is 5.33. The Hall–Kier alpha value is -3.34. The third-order valence-corrected chi connectivity index (χ3v) is 8.28. The lowest BCUT2D eigenvalue weighted by atomic mass is 9.86. The van der Waals surface area contributed by atoms with Crippen molar-refractivity contribution in [3.63, 3.8) is 0 Å². The first-order chi connectivity index (χ1) is 20.4. The van der Waals surface area contributed by atoms with Crippen LogP contribution in [0.2, 0.25) is 5.02 Å². The van der Waals surface area contributed by atoms with E-state index >= 15 is 0 Å². The number of benzene rings is 2. The SMILES string of the molecule is COCC1CCN(c2nc(OC3(C(=O)CCc4ccc(OC)cc4)CCOCC3)nc(-c3ccc(Cl)c(F)c3)n2)CC1. The zero-order valence-corrected chi connectivity index (χ0v) is 24.7. The smallest absolute Gasteiger partial charge is 0.322 e. The maximum Gasteiger partial charge on any atom is 0.322 e. The Morgan fingerprint density at radius 2 is 1.81 bits per heavy atom. The maximum atomic E-state index is 14.4. The van der Waals surface area contributed by atoms with Crippen molar-refractivity contribution in [3.05, 3.63) is 58.9 Å². The lowest BCUT2D eigenvalue weighted by Gasteiger charge is -2.36. The highest BCUT2D eigenvalue weighted by atomic mass is 35.5. The average Bonchev–Trinajstić information content (AvgIpc) is 3.02. The molecule has 2 fully saturated rings. The van der Waals surface area contributed by atoms with Crippen LogP contribution in [-0.4, -0.2) is 73.5 Å². The van der Waals surface area contributed by atoms with Gasteiger partial charge in [0.15, 0.2) is 17.2 Å². The van der Waals surface area contributed by atoms with Crippen LogP contribution in [0, 0.1) is 11.7 Å². The molecule has 9 nitrogen and oxygen atoms in total. The predicted molar refractivity (Wildman–Crippen MR) is 157 cm³/mol. The molecule has 0 spiro atoms. The molecule has 0 amide bonds. The van der Waals surface area contributed by atoms with Crippen LogP contribution in [-0.2, 0) is 20.7 Å². The van der Waals surface area contributed by atoms with Crippen molar-refractivity contribution in [2.24, 2.45) is 5.92 Å². The highest BCUT2D eigenvalue weighted by Gasteiger charge is 2.43. The molecule has 0 N–H and O–H groups in total. The third-order valence-electron chi connectivity index (χ3n) is 7.98. The standard InChI is InChI=1S/C31H36ClFN4O5/c1-39-20-22-11-15-37(16-12-22)29-34-28(23-6-9-25(32)26(33)19-23)35-30(36-29)42-31(13-17-41-18-14-31)27(38)10-5-21-3-7-24(40-2)8-4-21/h3-4,6-9,19,22H,5,10-18,20H2,1-2H3. The molecule has 0 bridgehead atoms. The first kappa shape index (κ1) is 30.1. The van der Waals surface area contributed by atoms with Gasteiger partial charge in [0.05, 0.1) is 25.3 Å². The second-order valence-corrected chi connectivity index (χ2v) is 11.1. The summed E-state index contributed by atoms with van der Waals surface area (Å²) in [6.45, 7) is 2.93. The van der Waals surface area contributed by atoms with Crippen LogP contribution in [0.5, 0.6) is 11.8 Å². The summed E-state index contributed by atoms with van der Waals surface area (Å²) in [7, 11) is 3.33. The monoisotopic (exact) mass is 598 g/mol. The number of ketones is 1. The first-order valence-corrected chi connectivity index (χ1v) is 14.7. The quantitative estimate of drug-likeness (QED) is 0.290. The molecule has 42 heavy (non-hydrogen) atoms. The molecule has 0 saturated carbocycles. The summed E-state index contributed by atoms with van der Waals surface area (Å²) in [5, 5.41) is 0.00772. The number of carbonyl (C=O) groups excluding carboxylic acids is 1. The van der Waals surface area contributed by atoms with E-state index in [-0.39, 0.29) is 29.1 Å². The highest BCUT2D eigenvalue weighted by molar-refractivity contribution is 6.30. The molecule has 224 valence electrons. The van der Waals surface area contributed by atoms with Crippen molar-refractivity contribution >= 4 is 23.3 Å². The number of ether oxygens (including phenoxy) is 4. The molecule has 0 aliphatic carbocycles. The third kappa shape index (κ3) is 7.17. The summed E-state index contributed by atoms with van der Waals surface area (Å²) in [6.07, 6.45) is 3.44. The highest BCUT2D eigenvalue weighted by Crippen LogP contribution is 2.32. The molecule has 2 aliphatic rings. The van der Waals surface area contributed by atoms with Crippen molar-refractivity contribution in [2.75, 3.05) is 52.0 Å². The molecule has 2 aromatic carbocycles. The number of halogens is 2. The second kappa shape index (κ2) is 13.8. The van der Waals surface area contributed by atoms with Crippen molar-refractivity contribution in [1.29, 1.82) is 0 Å². The Kier molecular flexibility index (Phi) is 9.87. The summed E-state index contributed by atoms with van der Waals surface area (Å²) in [5.74, 6) is 1.28. The van der Waals surface area contributed by atoms with E-state index in [1.54, 1.807) is 20.3 Å². The van der Waals surface area contributed by atoms with E-state index in [9.17, 15) is 9.18 Å². The Bertz CT molecular complexity index is 1360. The van der Waals surface area contributed by atoms with Gasteiger partial charge in [-0.25, -0.2) is 4.39 Å². The molecular weight excluding hydrogens is 563 g/mol. The molecular formula is C31H36ClFN4O5. The fourth-order valence-corrected chi connectivity index (χ4v) is 5.54. The van der Waals surface area contributed by atoms with E-state index in [0.29, 0.717) is 56.5 Å². The molecule has 3 aromatic rings. The summed E-state index contributed by atoms with van der Waals surface area (Å²) < 4.78 is 37.1. The number of hydrogen-bond acceptors (Lipinski definition) is 9. The van der Waals surface area contributed by atoms with Crippen molar-refractivity contribution in [2.45, 2.75) is 44.1 Å². The first-order valence-electron chi connectivity index (χ1n) is 14.3.